The zero-order valence-corrected chi connectivity index (χ0v) is 24.6. The van der Waals surface area contributed by atoms with E-state index in [1.807, 2.05) is 32.0 Å². The third-order valence-electron chi connectivity index (χ3n) is 6.76. The molecule has 3 aromatic rings. The number of aromatic amines is 1. The number of fused-ring (bicyclic) bond motifs is 1. The van der Waals surface area contributed by atoms with Crippen LogP contribution in [0.25, 0.3) is 0 Å². The molecule has 2 aromatic carbocycles. The van der Waals surface area contributed by atoms with Gasteiger partial charge in [-0.1, -0.05) is 6.07 Å². The molecule has 1 amide bonds. The molecule has 0 fully saturated rings. The van der Waals surface area contributed by atoms with Crippen molar-refractivity contribution in [3.05, 3.63) is 69.1 Å². The lowest BCUT2D eigenvalue weighted by molar-refractivity contribution is -0.121. The Bertz CT molecular complexity index is 1520. The highest BCUT2D eigenvalue weighted by Gasteiger charge is 2.31. The minimum Gasteiger partial charge on any atom is -0.506 e. The molecule has 12 heteroatoms. The van der Waals surface area contributed by atoms with E-state index in [4.69, 9.17) is 28.4 Å². The maximum absolute atomic E-state index is 13.3. The number of methoxy groups -OCH3 is 1. The molecule has 0 saturated heterocycles. The van der Waals surface area contributed by atoms with Gasteiger partial charge >= 0.3 is 5.97 Å². The number of ether oxygens (including phenoxy) is 6. The Labute approximate surface area is 248 Å². The van der Waals surface area contributed by atoms with Gasteiger partial charge in [-0.15, -0.1) is 0 Å². The predicted molar refractivity (Wildman–Crippen MR) is 156 cm³/mol. The second-order valence-corrected chi connectivity index (χ2v) is 9.47. The topological polar surface area (TPSA) is 155 Å². The van der Waals surface area contributed by atoms with Crippen LogP contribution in [0.5, 0.6) is 34.5 Å². The van der Waals surface area contributed by atoms with Gasteiger partial charge in [-0.3, -0.25) is 9.59 Å². The number of esters is 1. The second-order valence-electron chi connectivity index (χ2n) is 9.47. The van der Waals surface area contributed by atoms with Gasteiger partial charge in [0.05, 0.1) is 32.5 Å². The van der Waals surface area contributed by atoms with Crippen LogP contribution in [0.1, 0.15) is 60.2 Å². The molecule has 2 heterocycles. The average Bonchev–Trinajstić information content (AvgIpc) is 3.47. The molecule has 0 unspecified atom stereocenters. The number of hydrogen-bond donors (Lipinski definition) is 3. The van der Waals surface area contributed by atoms with E-state index in [0.29, 0.717) is 60.5 Å². The lowest BCUT2D eigenvalue weighted by atomic mass is 9.87. The third-order valence-corrected chi connectivity index (χ3v) is 6.76. The number of nitrogens with one attached hydrogen (secondary N) is 2. The maximum Gasteiger partial charge on any atom is 0.343 e. The fourth-order valence-electron chi connectivity index (χ4n) is 4.82. The quantitative estimate of drug-likeness (QED) is 0.235. The molecular formula is C31H36N2O10. The van der Waals surface area contributed by atoms with Crippen LogP contribution in [-0.2, 0) is 16.0 Å². The highest BCUT2D eigenvalue weighted by Crippen LogP contribution is 2.45. The van der Waals surface area contributed by atoms with Crippen LogP contribution in [0.15, 0.2) is 41.3 Å². The Kier molecular flexibility index (Phi) is 10.4. The van der Waals surface area contributed by atoms with Crippen molar-refractivity contribution < 1.29 is 43.1 Å². The van der Waals surface area contributed by atoms with Crippen molar-refractivity contribution in [1.82, 2.24) is 10.3 Å². The minimum atomic E-state index is -0.989. The van der Waals surface area contributed by atoms with Crippen LogP contribution in [0, 0.1) is 0 Å². The Morgan fingerprint density at radius 2 is 1.79 bits per heavy atom. The fourth-order valence-corrected chi connectivity index (χ4v) is 4.82. The molecule has 12 nitrogen and oxygen atoms in total. The van der Waals surface area contributed by atoms with Crippen LogP contribution in [-0.4, -0.2) is 62.2 Å². The first kappa shape index (κ1) is 31.1. The average molecular weight is 597 g/mol. The van der Waals surface area contributed by atoms with Crippen molar-refractivity contribution >= 4 is 11.9 Å². The van der Waals surface area contributed by atoms with Crippen LogP contribution in [0.2, 0.25) is 0 Å². The molecule has 0 saturated carbocycles. The van der Waals surface area contributed by atoms with Gasteiger partial charge in [-0.2, -0.15) is 0 Å². The summed E-state index contributed by atoms with van der Waals surface area (Å²) in [4.78, 5) is 41.4. The number of carbonyl (C=O) groups is 2. The van der Waals surface area contributed by atoms with E-state index in [9.17, 15) is 19.5 Å². The summed E-state index contributed by atoms with van der Waals surface area (Å²) in [5.74, 6) is -0.425. The second kappa shape index (κ2) is 14.3. The summed E-state index contributed by atoms with van der Waals surface area (Å²) < 4.78 is 32.8. The summed E-state index contributed by atoms with van der Waals surface area (Å²) in [6.07, 6.45) is 1.36. The van der Waals surface area contributed by atoms with Gasteiger partial charge in [0, 0.05) is 25.1 Å². The van der Waals surface area contributed by atoms with Crippen molar-refractivity contribution in [2.75, 3.05) is 40.3 Å². The number of hydrogen-bond acceptors (Lipinski definition) is 10. The zero-order chi connectivity index (χ0) is 30.9. The summed E-state index contributed by atoms with van der Waals surface area (Å²) in [5, 5.41) is 14.0. The first-order valence-electron chi connectivity index (χ1n) is 14.1. The number of pyridine rings is 1. The van der Waals surface area contributed by atoms with E-state index in [1.165, 1.54) is 7.11 Å². The monoisotopic (exact) mass is 596 g/mol. The summed E-state index contributed by atoms with van der Waals surface area (Å²) in [6.45, 7) is 6.73. The van der Waals surface area contributed by atoms with Crippen molar-refractivity contribution in [2.24, 2.45) is 0 Å². The molecule has 43 heavy (non-hydrogen) atoms. The minimum absolute atomic E-state index is 0.0268. The van der Waals surface area contributed by atoms with Crippen molar-refractivity contribution in [2.45, 2.75) is 39.5 Å². The number of carbonyl (C=O) groups excluding carboxylic acids is 2. The van der Waals surface area contributed by atoms with E-state index >= 15 is 0 Å². The van der Waals surface area contributed by atoms with Gasteiger partial charge in [-0.05, 0) is 62.6 Å². The fraction of sp³-hybridized carbons (Fsp3) is 0.387. The number of rotatable bonds is 14. The van der Waals surface area contributed by atoms with E-state index in [-0.39, 0.29) is 30.9 Å². The van der Waals surface area contributed by atoms with Gasteiger partial charge in [0.15, 0.2) is 23.0 Å². The molecule has 1 aromatic heterocycles. The van der Waals surface area contributed by atoms with Gasteiger partial charge in [0.1, 0.15) is 11.3 Å². The summed E-state index contributed by atoms with van der Waals surface area (Å²) in [6, 6.07) is 8.84. The summed E-state index contributed by atoms with van der Waals surface area (Å²) >= 11 is 0. The Balaban J connectivity index is 1.61. The molecule has 0 spiro atoms. The van der Waals surface area contributed by atoms with E-state index in [0.717, 1.165) is 11.8 Å². The molecular weight excluding hydrogens is 560 g/mol. The van der Waals surface area contributed by atoms with Gasteiger partial charge in [0.2, 0.25) is 18.4 Å². The summed E-state index contributed by atoms with van der Waals surface area (Å²) in [5.41, 5.74) is 0.300. The van der Waals surface area contributed by atoms with Crippen molar-refractivity contribution in [3.8, 4) is 34.5 Å². The molecule has 1 aliphatic heterocycles. The first-order valence-corrected chi connectivity index (χ1v) is 14.1. The Morgan fingerprint density at radius 3 is 2.51 bits per heavy atom. The number of aromatic hydroxyl groups is 1. The zero-order valence-electron chi connectivity index (χ0n) is 24.6. The normalized spacial score (nSPS) is 12.4. The Hall–Kier alpha value is -4.87. The number of amides is 1. The Morgan fingerprint density at radius 1 is 1.02 bits per heavy atom. The molecule has 0 radical (unpaired) electrons. The van der Waals surface area contributed by atoms with Crippen molar-refractivity contribution in [3.63, 3.8) is 0 Å². The van der Waals surface area contributed by atoms with Gasteiger partial charge in [-0.25, -0.2) is 4.79 Å². The summed E-state index contributed by atoms with van der Waals surface area (Å²) in [7, 11) is 1.45. The SMILES string of the molecule is CCOC(=O)c1c[nH]c(=O)c([C@H](CC(=O)NCCc2ccc(OCC)c(OCC)c2)c2cc(OC)c3c(c2)OCO3)c1O. The highest BCUT2D eigenvalue weighted by molar-refractivity contribution is 5.92. The molecule has 230 valence electrons. The van der Waals surface area contributed by atoms with E-state index in [1.54, 1.807) is 19.1 Å². The molecule has 0 aliphatic carbocycles. The number of H-pyrrole nitrogens is 1. The van der Waals surface area contributed by atoms with Crippen LogP contribution in [0.4, 0.5) is 0 Å². The highest BCUT2D eigenvalue weighted by atomic mass is 16.7. The third kappa shape index (κ3) is 7.14. The van der Waals surface area contributed by atoms with E-state index < -0.39 is 29.1 Å². The standard InChI is InChI=1S/C31H36N2O10/c1-5-39-22-9-8-18(12-23(22)40-6-2)10-11-32-26(34)15-20(19-13-24(38-4)29-25(14-19)42-17-43-29)27-28(35)21(16-33-30(27)36)31(37)41-7-3/h8-9,12-14,16,20H,5-7,10-11,15,17H2,1-4H3,(H,32,34)(H2,33,35,36)/t20-/m1/s1. The smallest absolute Gasteiger partial charge is 0.343 e. The predicted octanol–water partition coefficient (Wildman–Crippen LogP) is 3.67. The maximum atomic E-state index is 13.3. The number of benzene rings is 2. The lowest BCUT2D eigenvalue weighted by Gasteiger charge is -2.20. The van der Waals surface area contributed by atoms with Crippen LogP contribution >= 0.6 is 0 Å². The largest absolute Gasteiger partial charge is 0.506 e. The van der Waals surface area contributed by atoms with Crippen molar-refractivity contribution in [1.29, 1.82) is 0 Å². The molecule has 4 rings (SSSR count). The molecule has 0 bridgehead atoms. The lowest BCUT2D eigenvalue weighted by Crippen LogP contribution is -2.29. The molecule has 1 aliphatic rings. The van der Waals surface area contributed by atoms with E-state index in [2.05, 4.69) is 10.3 Å². The molecule has 1 atom stereocenters. The van der Waals surface area contributed by atoms with Crippen LogP contribution < -0.4 is 34.6 Å². The van der Waals surface area contributed by atoms with Gasteiger partial charge < -0.3 is 43.8 Å². The first-order chi connectivity index (χ1) is 20.8. The van der Waals surface area contributed by atoms with Crippen LogP contribution in [0.3, 0.4) is 0 Å². The molecule has 3 N–H and O–H groups in total. The number of aromatic nitrogens is 1. The van der Waals surface area contributed by atoms with Gasteiger partial charge in [0.25, 0.3) is 5.56 Å².